The minimum Gasteiger partial charge on any atom is -0.497 e. The molecule has 0 atom stereocenters. The molecule has 0 aliphatic carbocycles. The quantitative estimate of drug-likeness (QED) is 0.234. The molecular weight excluding hydrogens is 478 g/mol. The Balaban J connectivity index is 0.00000385. The zero-order valence-electron chi connectivity index (χ0n) is 19.6. The minimum atomic E-state index is 0. The van der Waals surface area contributed by atoms with Crippen molar-refractivity contribution in [3.63, 3.8) is 0 Å². The highest BCUT2D eigenvalue weighted by Gasteiger charge is 2.19. The largest absolute Gasteiger partial charge is 0.497 e. The summed E-state index contributed by atoms with van der Waals surface area (Å²) in [6, 6.07) is 13.8. The zero-order chi connectivity index (χ0) is 22.9. The molecule has 3 rings (SSSR count). The van der Waals surface area contributed by atoms with Crippen LogP contribution in [-0.2, 0) is 4.79 Å². The second kappa shape index (κ2) is 13.6. The second-order valence-electron chi connectivity index (χ2n) is 7.66. The van der Waals surface area contributed by atoms with Gasteiger partial charge in [0.05, 0.1) is 24.4 Å². The van der Waals surface area contributed by atoms with Crippen molar-refractivity contribution in [3.05, 3.63) is 42.5 Å². The minimum absolute atomic E-state index is 0. The number of benzene rings is 2. The van der Waals surface area contributed by atoms with Crippen LogP contribution in [-0.4, -0.2) is 62.9 Å². The molecule has 3 aromatic rings. The van der Waals surface area contributed by atoms with E-state index in [0.717, 1.165) is 52.0 Å². The standard InChI is InChI=1S/C24H31N3O3S2.ClH/c1-26(2)14-6-15-27(24-25-21-13-10-19(30-4)17-22(21)32-24)23(28)7-5-16-31-20-11-8-18(29-3)9-12-20;/h8-13,17H,5-7,14-16H2,1-4H3;1H. The Morgan fingerprint density at radius 3 is 2.36 bits per heavy atom. The van der Waals surface area contributed by atoms with Crippen LogP contribution in [0.3, 0.4) is 0 Å². The van der Waals surface area contributed by atoms with Crippen LogP contribution in [0.1, 0.15) is 19.3 Å². The summed E-state index contributed by atoms with van der Waals surface area (Å²) in [6.45, 7) is 1.59. The number of rotatable bonds is 12. The molecule has 180 valence electrons. The molecule has 1 aromatic heterocycles. The van der Waals surface area contributed by atoms with Gasteiger partial charge in [-0.3, -0.25) is 9.69 Å². The molecule has 0 N–H and O–H groups in total. The van der Waals surface area contributed by atoms with E-state index < -0.39 is 0 Å². The van der Waals surface area contributed by atoms with Gasteiger partial charge in [0.25, 0.3) is 0 Å². The topological polar surface area (TPSA) is 54.9 Å². The van der Waals surface area contributed by atoms with Gasteiger partial charge in [-0.15, -0.1) is 24.2 Å². The molecule has 0 saturated heterocycles. The average molecular weight is 510 g/mol. The van der Waals surface area contributed by atoms with Crippen molar-refractivity contribution in [1.29, 1.82) is 0 Å². The summed E-state index contributed by atoms with van der Waals surface area (Å²) in [6.07, 6.45) is 2.22. The van der Waals surface area contributed by atoms with Crippen LogP contribution in [0.15, 0.2) is 47.4 Å². The summed E-state index contributed by atoms with van der Waals surface area (Å²) >= 11 is 3.30. The Bertz CT molecular complexity index is 1010. The number of nitrogens with zero attached hydrogens (tertiary/aromatic N) is 3. The predicted molar refractivity (Wildman–Crippen MR) is 142 cm³/mol. The number of thiazole rings is 1. The maximum atomic E-state index is 13.1. The first-order valence-corrected chi connectivity index (χ1v) is 12.5. The monoisotopic (exact) mass is 509 g/mol. The molecule has 1 amide bonds. The number of fused-ring (bicyclic) bond motifs is 1. The Labute approximate surface area is 210 Å². The van der Waals surface area contributed by atoms with Crippen LogP contribution in [0.25, 0.3) is 10.2 Å². The van der Waals surface area contributed by atoms with E-state index in [0.29, 0.717) is 13.0 Å². The van der Waals surface area contributed by atoms with Crippen molar-refractivity contribution in [2.24, 2.45) is 0 Å². The molecule has 0 aliphatic rings. The van der Waals surface area contributed by atoms with Gasteiger partial charge in [0.1, 0.15) is 11.5 Å². The number of carbonyl (C=O) groups excluding carboxylic acids is 1. The maximum Gasteiger partial charge on any atom is 0.228 e. The van der Waals surface area contributed by atoms with Crippen molar-refractivity contribution < 1.29 is 14.3 Å². The predicted octanol–water partition coefficient (Wildman–Crippen LogP) is 5.59. The van der Waals surface area contributed by atoms with Crippen LogP contribution in [0.4, 0.5) is 5.13 Å². The van der Waals surface area contributed by atoms with Crippen LogP contribution in [0.5, 0.6) is 11.5 Å². The van der Waals surface area contributed by atoms with Crippen LogP contribution >= 0.6 is 35.5 Å². The highest BCUT2D eigenvalue weighted by atomic mass is 35.5. The summed E-state index contributed by atoms with van der Waals surface area (Å²) in [5, 5.41) is 0.764. The van der Waals surface area contributed by atoms with E-state index in [-0.39, 0.29) is 18.3 Å². The third-order valence-corrected chi connectivity index (χ3v) is 7.11. The molecule has 0 aliphatic heterocycles. The third kappa shape index (κ3) is 8.07. The molecular formula is C24H32ClN3O3S2. The number of amides is 1. The van der Waals surface area contributed by atoms with E-state index in [4.69, 9.17) is 14.5 Å². The van der Waals surface area contributed by atoms with Crippen molar-refractivity contribution in [3.8, 4) is 11.5 Å². The van der Waals surface area contributed by atoms with Gasteiger partial charge in [0, 0.05) is 17.9 Å². The normalized spacial score (nSPS) is 10.8. The highest BCUT2D eigenvalue weighted by molar-refractivity contribution is 7.99. The first-order valence-electron chi connectivity index (χ1n) is 10.7. The molecule has 33 heavy (non-hydrogen) atoms. The third-order valence-electron chi connectivity index (χ3n) is 4.97. The average Bonchev–Trinajstić information content (AvgIpc) is 3.22. The molecule has 0 fully saturated rings. The lowest BCUT2D eigenvalue weighted by Crippen LogP contribution is -2.33. The Kier molecular flexibility index (Phi) is 11.3. The fourth-order valence-corrected chi connectivity index (χ4v) is 5.12. The Hall–Kier alpha value is -2.00. The van der Waals surface area contributed by atoms with Crippen molar-refractivity contribution in [2.45, 2.75) is 24.2 Å². The van der Waals surface area contributed by atoms with E-state index in [1.54, 1.807) is 37.3 Å². The van der Waals surface area contributed by atoms with Gasteiger partial charge in [-0.25, -0.2) is 4.98 Å². The van der Waals surface area contributed by atoms with Crippen LogP contribution in [0.2, 0.25) is 0 Å². The van der Waals surface area contributed by atoms with Gasteiger partial charge in [0.2, 0.25) is 5.91 Å². The number of anilines is 1. The lowest BCUT2D eigenvalue weighted by atomic mass is 10.3. The molecule has 6 nitrogen and oxygen atoms in total. The summed E-state index contributed by atoms with van der Waals surface area (Å²) in [5.74, 6) is 2.67. The molecule has 0 saturated carbocycles. The Morgan fingerprint density at radius 1 is 1.00 bits per heavy atom. The molecule has 0 radical (unpaired) electrons. The van der Waals surface area contributed by atoms with E-state index in [1.165, 1.54) is 4.90 Å². The van der Waals surface area contributed by atoms with Crippen molar-refractivity contribution in [2.75, 3.05) is 52.1 Å². The smallest absolute Gasteiger partial charge is 0.228 e. The van der Waals surface area contributed by atoms with Crippen molar-refractivity contribution >= 4 is 56.8 Å². The number of hydrogen-bond acceptors (Lipinski definition) is 7. The summed E-state index contributed by atoms with van der Waals surface area (Å²) < 4.78 is 11.6. The van der Waals surface area contributed by atoms with Gasteiger partial charge in [-0.05, 0) is 81.7 Å². The fraction of sp³-hybridized carbons (Fsp3) is 0.417. The molecule has 9 heteroatoms. The molecule has 0 spiro atoms. The number of carbonyl (C=O) groups is 1. The highest BCUT2D eigenvalue weighted by Crippen LogP contribution is 2.32. The molecule has 1 heterocycles. The molecule has 0 bridgehead atoms. The van der Waals surface area contributed by atoms with E-state index in [9.17, 15) is 4.79 Å². The molecule has 0 unspecified atom stereocenters. The summed E-state index contributed by atoms with van der Waals surface area (Å²) in [5.41, 5.74) is 0.895. The second-order valence-corrected chi connectivity index (χ2v) is 9.84. The Morgan fingerprint density at radius 2 is 1.70 bits per heavy atom. The van der Waals surface area contributed by atoms with E-state index in [1.807, 2.05) is 61.5 Å². The number of hydrogen-bond donors (Lipinski definition) is 0. The van der Waals surface area contributed by atoms with Crippen molar-refractivity contribution in [1.82, 2.24) is 9.88 Å². The first-order chi connectivity index (χ1) is 15.5. The number of methoxy groups -OCH3 is 2. The van der Waals surface area contributed by atoms with Crippen LogP contribution in [0, 0.1) is 0 Å². The van der Waals surface area contributed by atoms with Crippen LogP contribution < -0.4 is 14.4 Å². The van der Waals surface area contributed by atoms with Gasteiger partial charge in [-0.2, -0.15) is 0 Å². The zero-order valence-corrected chi connectivity index (χ0v) is 22.0. The first kappa shape index (κ1) is 27.2. The summed E-state index contributed by atoms with van der Waals surface area (Å²) in [7, 11) is 7.42. The maximum absolute atomic E-state index is 13.1. The molecule has 2 aromatic carbocycles. The lowest BCUT2D eigenvalue weighted by molar-refractivity contribution is -0.118. The van der Waals surface area contributed by atoms with E-state index >= 15 is 0 Å². The number of halogens is 1. The lowest BCUT2D eigenvalue weighted by Gasteiger charge is -2.21. The number of ether oxygens (including phenoxy) is 2. The fourth-order valence-electron chi connectivity index (χ4n) is 3.23. The van der Waals surface area contributed by atoms with Gasteiger partial charge < -0.3 is 14.4 Å². The SMILES string of the molecule is COc1ccc(SCCCC(=O)N(CCCN(C)C)c2nc3ccc(OC)cc3s2)cc1.Cl. The summed E-state index contributed by atoms with van der Waals surface area (Å²) in [4.78, 5) is 23.1. The van der Waals surface area contributed by atoms with E-state index in [2.05, 4.69) is 4.90 Å². The van der Waals surface area contributed by atoms with Gasteiger partial charge in [-0.1, -0.05) is 11.3 Å². The van der Waals surface area contributed by atoms with Gasteiger partial charge >= 0.3 is 0 Å². The number of aromatic nitrogens is 1. The van der Waals surface area contributed by atoms with Gasteiger partial charge in [0.15, 0.2) is 5.13 Å². The number of thioether (sulfide) groups is 1.